The first-order valence-corrected chi connectivity index (χ1v) is 5.67. The van der Waals surface area contributed by atoms with Crippen LogP contribution >= 0.6 is 0 Å². The monoisotopic (exact) mass is 216 g/mol. The number of benzene rings is 1. The van der Waals surface area contributed by atoms with E-state index in [0.29, 0.717) is 0 Å². The van der Waals surface area contributed by atoms with Gasteiger partial charge in [-0.05, 0) is 38.9 Å². The van der Waals surface area contributed by atoms with Gasteiger partial charge >= 0.3 is 0 Å². The molecule has 0 aliphatic heterocycles. The topological polar surface area (TPSA) is 27.0 Å². The van der Waals surface area contributed by atoms with Crippen LogP contribution in [-0.2, 0) is 6.54 Å². The summed E-state index contributed by atoms with van der Waals surface area (Å²) >= 11 is 0. The molecular formula is C14H20N2. The third-order valence-corrected chi connectivity index (χ3v) is 2.75. The molecule has 0 saturated carbocycles. The Kier molecular flexibility index (Phi) is 4.52. The van der Waals surface area contributed by atoms with Crippen molar-refractivity contribution in [2.24, 2.45) is 5.92 Å². The fourth-order valence-corrected chi connectivity index (χ4v) is 1.83. The first-order chi connectivity index (χ1) is 7.52. The van der Waals surface area contributed by atoms with Crippen LogP contribution in [0.25, 0.3) is 0 Å². The van der Waals surface area contributed by atoms with Gasteiger partial charge in [-0.1, -0.05) is 23.8 Å². The van der Waals surface area contributed by atoms with Gasteiger partial charge in [-0.25, -0.2) is 0 Å². The molecule has 0 bridgehead atoms. The van der Waals surface area contributed by atoms with Gasteiger partial charge in [0.25, 0.3) is 0 Å². The number of rotatable bonds is 4. The van der Waals surface area contributed by atoms with Crippen LogP contribution in [0, 0.1) is 31.1 Å². The Morgan fingerprint density at radius 3 is 2.69 bits per heavy atom. The largest absolute Gasteiger partial charge is 0.301 e. The molecule has 16 heavy (non-hydrogen) atoms. The molecule has 1 unspecified atom stereocenters. The summed E-state index contributed by atoms with van der Waals surface area (Å²) in [4.78, 5) is 2.20. The summed E-state index contributed by atoms with van der Waals surface area (Å²) < 4.78 is 0. The van der Waals surface area contributed by atoms with E-state index >= 15 is 0 Å². The van der Waals surface area contributed by atoms with Crippen LogP contribution in [0.5, 0.6) is 0 Å². The van der Waals surface area contributed by atoms with Gasteiger partial charge in [0.15, 0.2) is 0 Å². The fraction of sp³-hybridized carbons (Fsp3) is 0.500. The summed E-state index contributed by atoms with van der Waals surface area (Å²) in [6.07, 6.45) is 0. The Morgan fingerprint density at radius 2 is 2.06 bits per heavy atom. The molecule has 2 heteroatoms. The molecule has 0 aliphatic rings. The molecule has 0 spiro atoms. The molecule has 1 rings (SSSR count). The minimum absolute atomic E-state index is 0.0927. The van der Waals surface area contributed by atoms with E-state index in [4.69, 9.17) is 5.26 Å². The van der Waals surface area contributed by atoms with Gasteiger partial charge in [0.2, 0.25) is 0 Å². The highest BCUT2D eigenvalue weighted by Crippen LogP contribution is 2.13. The Balaban J connectivity index is 2.66. The van der Waals surface area contributed by atoms with Gasteiger partial charge in [0.05, 0.1) is 12.0 Å². The maximum absolute atomic E-state index is 8.77. The summed E-state index contributed by atoms with van der Waals surface area (Å²) in [6, 6.07) is 8.79. The van der Waals surface area contributed by atoms with E-state index in [0.717, 1.165) is 13.1 Å². The van der Waals surface area contributed by atoms with Crippen LogP contribution in [0.2, 0.25) is 0 Å². The van der Waals surface area contributed by atoms with Crippen LogP contribution in [0.1, 0.15) is 23.6 Å². The molecular weight excluding hydrogens is 196 g/mol. The highest BCUT2D eigenvalue weighted by Gasteiger charge is 2.07. The van der Waals surface area contributed by atoms with Gasteiger partial charge in [0.1, 0.15) is 0 Å². The lowest BCUT2D eigenvalue weighted by atomic mass is 10.0. The Hall–Kier alpha value is -1.33. The van der Waals surface area contributed by atoms with Gasteiger partial charge in [-0.2, -0.15) is 5.26 Å². The molecule has 1 aromatic rings. The van der Waals surface area contributed by atoms with Crippen LogP contribution in [0.15, 0.2) is 18.2 Å². The van der Waals surface area contributed by atoms with E-state index in [-0.39, 0.29) is 5.92 Å². The Bertz CT molecular complexity index is 390. The third kappa shape index (κ3) is 3.67. The predicted octanol–water partition coefficient (Wildman–Crippen LogP) is 2.89. The molecule has 0 fully saturated rings. The van der Waals surface area contributed by atoms with Crippen molar-refractivity contribution in [2.75, 3.05) is 13.6 Å². The van der Waals surface area contributed by atoms with E-state index in [1.54, 1.807) is 0 Å². The molecule has 1 atom stereocenters. The van der Waals surface area contributed by atoms with E-state index in [1.165, 1.54) is 16.7 Å². The van der Waals surface area contributed by atoms with Crippen LogP contribution in [0.3, 0.4) is 0 Å². The predicted molar refractivity (Wildman–Crippen MR) is 67.0 cm³/mol. The maximum Gasteiger partial charge on any atom is 0.0666 e. The number of nitriles is 1. The minimum atomic E-state index is 0.0927. The van der Waals surface area contributed by atoms with Gasteiger partial charge in [-0.3, -0.25) is 0 Å². The van der Waals surface area contributed by atoms with Crippen LogP contribution in [0.4, 0.5) is 0 Å². The molecule has 2 nitrogen and oxygen atoms in total. The van der Waals surface area contributed by atoms with Crippen molar-refractivity contribution in [2.45, 2.75) is 27.3 Å². The van der Waals surface area contributed by atoms with E-state index in [2.05, 4.69) is 50.1 Å². The van der Waals surface area contributed by atoms with E-state index in [1.807, 2.05) is 6.92 Å². The lowest BCUT2D eigenvalue weighted by Gasteiger charge is -2.19. The van der Waals surface area contributed by atoms with Crippen LogP contribution in [-0.4, -0.2) is 18.5 Å². The normalized spacial score (nSPS) is 12.5. The average molecular weight is 216 g/mol. The van der Waals surface area contributed by atoms with Crippen molar-refractivity contribution in [1.82, 2.24) is 4.90 Å². The molecule has 0 aromatic heterocycles. The minimum Gasteiger partial charge on any atom is -0.301 e. The summed E-state index contributed by atoms with van der Waals surface area (Å²) in [6.45, 7) is 7.94. The SMILES string of the molecule is Cc1ccc(C)c(CN(C)CC(C)C#N)c1. The van der Waals surface area contributed by atoms with Crippen LogP contribution < -0.4 is 0 Å². The van der Waals surface area contributed by atoms with Crippen molar-refractivity contribution < 1.29 is 0 Å². The standard InChI is InChI=1S/C14H20N2/c1-11-5-6-13(3)14(7-11)10-16(4)9-12(2)8-15/h5-7,12H,9-10H2,1-4H3. The molecule has 1 aromatic carbocycles. The number of aryl methyl sites for hydroxylation is 2. The van der Waals surface area contributed by atoms with E-state index < -0.39 is 0 Å². The summed E-state index contributed by atoms with van der Waals surface area (Å²) in [5.74, 6) is 0.0927. The highest BCUT2D eigenvalue weighted by atomic mass is 15.1. The number of hydrogen-bond acceptors (Lipinski definition) is 2. The maximum atomic E-state index is 8.77. The molecule has 0 radical (unpaired) electrons. The molecule has 0 heterocycles. The van der Waals surface area contributed by atoms with Crippen molar-refractivity contribution in [3.05, 3.63) is 34.9 Å². The summed E-state index contributed by atoms with van der Waals surface area (Å²) in [5.41, 5.74) is 3.97. The van der Waals surface area contributed by atoms with Gasteiger partial charge in [-0.15, -0.1) is 0 Å². The fourth-order valence-electron chi connectivity index (χ4n) is 1.83. The van der Waals surface area contributed by atoms with E-state index in [9.17, 15) is 0 Å². The zero-order chi connectivity index (χ0) is 12.1. The van der Waals surface area contributed by atoms with Gasteiger partial charge in [0, 0.05) is 13.1 Å². The third-order valence-electron chi connectivity index (χ3n) is 2.75. The molecule has 0 aliphatic carbocycles. The molecule has 0 N–H and O–H groups in total. The lowest BCUT2D eigenvalue weighted by Crippen LogP contribution is -2.23. The van der Waals surface area contributed by atoms with Crippen molar-refractivity contribution in [1.29, 1.82) is 5.26 Å². The zero-order valence-electron chi connectivity index (χ0n) is 10.6. The van der Waals surface area contributed by atoms with Crippen molar-refractivity contribution >= 4 is 0 Å². The first-order valence-electron chi connectivity index (χ1n) is 5.67. The second-order valence-corrected chi connectivity index (χ2v) is 4.66. The Morgan fingerprint density at radius 1 is 1.38 bits per heavy atom. The Labute approximate surface area is 98.5 Å². The molecule has 86 valence electrons. The van der Waals surface area contributed by atoms with Gasteiger partial charge < -0.3 is 4.90 Å². The highest BCUT2D eigenvalue weighted by molar-refractivity contribution is 5.30. The average Bonchev–Trinajstić information content (AvgIpc) is 2.23. The van der Waals surface area contributed by atoms with Crippen molar-refractivity contribution in [3.8, 4) is 6.07 Å². The molecule has 0 saturated heterocycles. The second kappa shape index (κ2) is 5.67. The first kappa shape index (κ1) is 12.7. The summed E-state index contributed by atoms with van der Waals surface area (Å²) in [7, 11) is 2.07. The smallest absolute Gasteiger partial charge is 0.0666 e. The number of hydrogen-bond donors (Lipinski definition) is 0. The zero-order valence-corrected chi connectivity index (χ0v) is 10.6. The quantitative estimate of drug-likeness (QED) is 0.773. The van der Waals surface area contributed by atoms with Crippen molar-refractivity contribution in [3.63, 3.8) is 0 Å². The summed E-state index contributed by atoms with van der Waals surface area (Å²) in [5, 5.41) is 8.77. The second-order valence-electron chi connectivity index (χ2n) is 4.66. The lowest BCUT2D eigenvalue weighted by molar-refractivity contribution is 0.302. The number of nitrogens with zero attached hydrogens (tertiary/aromatic N) is 2. The molecule has 0 amide bonds.